The molecule has 0 aliphatic carbocycles. The maximum absolute atomic E-state index is 13.3. The van der Waals surface area contributed by atoms with Gasteiger partial charge < -0.3 is 13.7 Å². The summed E-state index contributed by atoms with van der Waals surface area (Å²) in [6.45, 7) is 5.70. The monoisotopic (exact) mass is 470 g/mol. The molecule has 168 valence electrons. The fourth-order valence-corrected chi connectivity index (χ4v) is 5.84. The Kier molecular flexibility index (Phi) is 6.21. The fourth-order valence-electron chi connectivity index (χ4n) is 4.17. The van der Waals surface area contributed by atoms with E-state index in [1.807, 2.05) is 36.6 Å². The van der Waals surface area contributed by atoms with E-state index in [4.69, 9.17) is 19.2 Å². The van der Waals surface area contributed by atoms with E-state index in [1.54, 1.807) is 22.6 Å². The molecule has 2 aliphatic rings. The van der Waals surface area contributed by atoms with Gasteiger partial charge in [0.15, 0.2) is 5.16 Å². The molecule has 3 aromatic heterocycles. The van der Waals surface area contributed by atoms with E-state index < -0.39 is 0 Å². The fraction of sp³-hybridized carbons (Fsp3) is 0.435. The molecule has 32 heavy (non-hydrogen) atoms. The minimum Gasteiger partial charge on any atom is -0.467 e. The van der Waals surface area contributed by atoms with E-state index in [0.29, 0.717) is 6.42 Å². The van der Waals surface area contributed by atoms with Gasteiger partial charge in [0.2, 0.25) is 0 Å². The van der Waals surface area contributed by atoms with Gasteiger partial charge in [-0.25, -0.2) is 9.99 Å². The number of rotatable bonds is 7. The number of hydrogen-bond donors (Lipinski definition) is 0. The number of carbonyl (C=O) groups excluding carboxylic acids is 1. The molecule has 0 spiro atoms. The Morgan fingerprint density at radius 2 is 2.22 bits per heavy atom. The van der Waals surface area contributed by atoms with Gasteiger partial charge in [-0.1, -0.05) is 17.8 Å². The van der Waals surface area contributed by atoms with Crippen molar-refractivity contribution in [2.75, 3.05) is 12.4 Å². The lowest BCUT2D eigenvalue weighted by Gasteiger charge is -2.20. The molecule has 2 atom stereocenters. The quantitative estimate of drug-likeness (QED) is 0.464. The van der Waals surface area contributed by atoms with Gasteiger partial charge in [-0.2, -0.15) is 5.10 Å². The van der Waals surface area contributed by atoms with E-state index in [9.17, 15) is 4.79 Å². The standard InChI is InChI=1S/C23H26N4O3S2/c1-15-16(2)26(13-17-6-3-9-29-17)23(24-15)32-14-22(28)27-19(20-7-4-10-30-20)12-18(25-27)21-8-5-11-31-21/h4-5,7-8,10-11,17,19H,3,6,9,12-14H2,1-2H3/t17-,19-/m1/s1. The van der Waals surface area contributed by atoms with E-state index in [2.05, 4.69) is 11.5 Å². The molecule has 1 saturated heterocycles. The van der Waals surface area contributed by atoms with Crippen LogP contribution in [0.5, 0.6) is 0 Å². The van der Waals surface area contributed by atoms with Crippen LogP contribution in [0, 0.1) is 13.8 Å². The summed E-state index contributed by atoms with van der Waals surface area (Å²) in [6.07, 6.45) is 4.68. The van der Waals surface area contributed by atoms with Crippen LogP contribution in [0.1, 0.15) is 47.3 Å². The van der Waals surface area contributed by atoms with Crippen molar-refractivity contribution in [1.82, 2.24) is 14.6 Å². The molecular weight excluding hydrogens is 444 g/mol. The third-order valence-corrected chi connectivity index (χ3v) is 7.88. The summed E-state index contributed by atoms with van der Waals surface area (Å²) in [4.78, 5) is 19.1. The molecule has 0 bridgehead atoms. The first kappa shape index (κ1) is 21.5. The van der Waals surface area contributed by atoms with E-state index in [-0.39, 0.29) is 23.8 Å². The van der Waals surface area contributed by atoms with Crippen LogP contribution in [-0.4, -0.2) is 44.6 Å². The van der Waals surface area contributed by atoms with Crippen molar-refractivity contribution in [3.05, 3.63) is 57.9 Å². The zero-order valence-corrected chi connectivity index (χ0v) is 19.8. The Balaban J connectivity index is 1.33. The van der Waals surface area contributed by atoms with Crippen molar-refractivity contribution in [2.45, 2.75) is 57.0 Å². The second-order valence-electron chi connectivity index (χ2n) is 8.10. The Labute approximate surface area is 195 Å². The average molecular weight is 471 g/mol. The highest BCUT2D eigenvalue weighted by molar-refractivity contribution is 7.99. The van der Waals surface area contributed by atoms with Crippen LogP contribution in [0.2, 0.25) is 0 Å². The van der Waals surface area contributed by atoms with Gasteiger partial charge in [-0.15, -0.1) is 11.3 Å². The van der Waals surface area contributed by atoms with Crippen molar-refractivity contribution >= 4 is 34.7 Å². The largest absolute Gasteiger partial charge is 0.467 e. The summed E-state index contributed by atoms with van der Waals surface area (Å²) >= 11 is 3.10. The Morgan fingerprint density at radius 1 is 1.31 bits per heavy atom. The number of furan rings is 1. The number of ether oxygens (including phenoxy) is 1. The molecule has 1 fully saturated rings. The highest BCUT2D eigenvalue weighted by Gasteiger charge is 2.35. The summed E-state index contributed by atoms with van der Waals surface area (Å²) in [5.41, 5.74) is 3.04. The topological polar surface area (TPSA) is 72.9 Å². The number of hydrazone groups is 1. The normalized spacial score (nSPS) is 20.8. The van der Waals surface area contributed by atoms with Gasteiger partial charge in [0.05, 0.1) is 40.9 Å². The maximum Gasteiger partial charge on any atom is 0.253 e. The number of hydrogen-bond acceptors (Lipinski definition) is 7. The summed E-state index contributed by atoms with van der Waals surface area (Å²) in [7, 11) is 0. The van der Waals surface area contributed by atoms with Gasteiger partial charge in [0, 0.05) is 18.7 Å². The number of thiophene rings is 1. The van der Waals surface area contributed by atoms with E-state index >= 15 is 0 Å². The lowest BCUT2D eigenvalue weighted by Crippen LogP contribution is -2.28. The Morgan fingerprint density at radius 3 is 2.94 bits per heavy atom. The Hall–Kier alpha value is -2.36. The molecule has 0 aromatic carbocycles. The minimum atomic E-state index is -0.217. The minimum absolute atomic E-state index is 0.0510. The predicted molar refractivity (Wildman–Crippen MR) is 125 cm³/mol. The van der Waals surface area contributed by atoms with Crippen LogP contribution in [0.4, 0.5) is 0 Å². The van der Waals surface area contributed by atoms with Gasteiger partial charge in [0.25, 0.3) is 5.91 Å². The zero-order chi connectivity index (χ0) is 22.1. The third-order valence-electron chi connectivity index (χ3n) is 6.00. The van der Waals surface area contributed by atoms with Gasteiger partial charge in [-0.3, -0.25) is 4.79 Å². The van der Waals surface area contributed by atoms with Gasteiger partial charge in [-0.05, 0) is 50.3 Å². The van der Waals surface area contributed by atoms with Crippen molar-refractivity contribution in [3.63, 3.8) is 0 Å². The average Bonchev–Trinajstić information content (AvgIpc) is 3.59. The molecule has 3 aromatic rings. The number of aromatic nitrogens is 2. The van der Waals surface area contributed by atoms with Crippen molar-refractivity contribution in [1.29, 1.82) is 0 Å². The molecule has 0 N–H and O–H groups in total. The van der Waals surface area contributed by atoms with E-state index in [0.717, 1.165) is 58.9 Å². The summed E-state index contributed by atoms with van der Waals surface area (Å²) in [6, 6.07) is 7.59. The third kappa shape index (κ3) is 4.29. The van der Waals surface area contributed by atoms with Crippen LogP contribution < -0.4 is 0 Å². The van der Waals surface area contributed by atoms with Crippen LogP contribution in [0.3, 0.4) is 0 Å². The van der Waals surface area contributed by atoms with Gasteiger partial charge in [0.1, 0.15) is 11.8 Å². The number of aryl methyl sites for hydroxylation is 1. The first-order valence-electron chi connectivity index (χ1n) is 10.8. The highest BCUT2D eigenvalue weighted by Crippen LogP contribution is 2.35. The summed E-state index contributed by atoms with van der Waals surface area (Å²) < 4.78 is 13.7. The molecule has 2 aliphatic heterocycles. The molecule has 7 nitrogen and oxygen atoms in total. The number of imidazole rings is 1. The number of amides is 1. The van der Waals surface area contributed by atoms with Crippen molar-refractivity contribution in [3.8, 4) is 0 Å². The number of carbonyl (C=O) groups is 1. The smallest absolute Gasteiger partial charge is 0.253 e. The number of thioether (sulfide) groups is 1. The molecule has 5 heterocycles. The SMILES string of the molecule is Cc1nc(SCC(=O)N2N=C(c3cccs3)C[C@@H]2c2ccco2)n(C[C@H]2CCCO2)c1C. The van der Waals surface area contributed by atoms with Crippen LogP contribution in [0.25, 0.3) is 0 Å². The molecular formula is C23H26N4O3S2. The second-order valence-corrected chi connectivity index (χ2v) is 9.99. The van der Waals surface area contributed by atoms with Crippen LogP contribution in [0.15, 0.2) is 50.6 Å². The summed E-state index contributed by atoms with van der Waals surface area (Å²) in [5, 5.41) is 9.18. The second kappa shape index (κ2) is 9.25. The molecule has 0 unspecified atom stereocenters. The lowest BCUT2D eigenvalue weighted by atomic mass is 10.1. The molecule has 0 radical (unpaired) electrons. The molecule has 0 saturated carbocycles. The molecule has 1 amide bonds. The summed E-state index contributed by atoms with van der Waals surface area (Å²) in [5.74, 6) is 0.968. The molecule has 9 heteroatoms. The first-order chi connectivity index (χ1) is 15.6. The van der Waals surface area contributed by atoms with Crippen LogP contribution >= 0.6 is 23.1 Å². The Bertz CT molecular complexity index is 1100. The molecule has 5 rings (SSSR count). The maximum atomic E-state index is 13.3. The van der Waals surface area contributed by atoms with Crippen molar-refractivity contribution < 1.29 is 13.9 Å². The number of nitrogens with zero attached hydrogens (tertiary/aromatic N) is 4. The van der Waals surface area contributed by atoms with Crippen LogP contribution in [-0.2, 0) is 16.1 Å². The zero-order valence-electron chi connectivity index (χ0n) is 18.2. The lowest BCUT2D eigenvalue weighted by molar-refractivity contribution is -0.130. The first-order valence-corrected chi connectivity index (χ1v) is 12.7. The predicted octanol–water partition coefficient (Wildman–Crippen LogP) is 4.80. The highest BCUT2D eigenvalue weighted by atomic mass is 32.2. The van der Waals surface area contributed by atoms with E-state index in [1.165, 1.54) is 11.8 Å². The van der Waals surface area contributed by atoms with Crippen molar-refractivity contribution in [2.24, 2.45) is 5.10 Å². The van der Waals surface area contributed by atoms with Gasteiger partial charge >= 0.3 is 0 Å².